The van der Waals surface area contributed by atoms with Crippen LogP contribution in [0.15, 0.2) is 21.7 Å². The lowest BCUT2D eigenvalue weighted by Gasteiger charge is -2.08. The van der Waals surface area contributed by atoms with Crippen molar-refractivity contribution < 1.29 is 22.7 Å². The Kier molecular flexibility index (Phi) is 7.49. The van der Waals surface area contributed by atoms with Crippen molar-refractivity contribution in [2.75, 3.05) is 19.7 Å². The molecule has 0 aliphatic rings. The quantitative estimate of drug-likeness (QED) is 0.641. The third-order valence-corrected chi connectivity index (χ3v) is 5.31. The number of amides is 1. The third-order valence-electron chi connectivity index (χ3n) is 2.45. The molecule has 0 unspecified atom stereocenters. The Hall–Kier alpha value is -1.45. The summed E-state index contributed by atoms with van der Waals surface area (Å²) in [5, 5.41) is 4.26. The fourth-order valence-corrected chi connectivity index (χ4v) is 3.43. The molecule has 0 aromatic carbocycles. The van der Waals surface area contributed by atoms with Crippen LogP contribution < -0.4 is 10.0 Å². The van der Waals surface area contributed by atoms with Gasteiger partial charge in [0.05, 0.1) is 6.42 Å². The van der Waals surface area contributed by atoms with Crippen LogP contribution in [0.1, 0.15) is 20.3 Å². The second-order valence-electron chi connectivity index (χ2n) is 4.94. The van der Waals surface area contributed by atoms with E-state index < -0.39 is 16.0 Å². The Bertz CT molecular complexity index is 582. The molecule has 1 rings (SSSR count). The molecule has 0 radical (unpaired) electrons. The van der Waals surface area contributed by atoms with E-state index in [4.69, 9.17) is 4.74 Å². The first-order valence-electron chi connectivity index (χ1n) is 6.76. The number of ether oxygens (including phenoxy) is 1. The Labute approximate surface area is 134 Å². The molecule has 0 aliphatic carbocycles. The van der Waals surface area contributed by atoms with E-state index in [1.54, 1.807) is 11.4 Å². The minimum absolute atomic E-state index is 0.0767. The smallest absolute Gasteiger partial charge is 0.307 e. The average molecular weight is 348 g/mol. The van der Waals surface area contributed by atoms with Crippen LogP contribution in [0.5, 0.6) is 0 Å². The van der Waals surface area contributed by atoms with Crippen molar-refractivity contribution in [1.82, 2.24) is 10.0 Å². The van der Waals surface area contributed by atoms with Gasteiger partial charge in [-0.05, 0) is 17.4 Å². The van der Waals surface area contributed by atoms with Crippen LogP contribution in [0.2, 0.25) is 0 Å². The minimum Gasteiger partial charge on any atom is -0.456 e. The van der Waals surface area contributed by atoms with Gasteiger partial charge in [0, 0.05) is 13.1 Å². The van der Waals surface area contributed by atoms with E-state index in [2.05, 4.69) is 10.0 Å². The zero-order valence-electron chi connectivity index (χ0n) is 12.5. The molecule has 1 aromatic rings. The fourth-order valence-electron chi connectivity index (χ4n) is 1.36. The lowest BCUT2D eigenvalue weighted by molar-refractivity contribution is -0.148. The van der Waals surface area contributed by atoms with Gasteiger partial charge in [-0.2, -0.15) is 0 Å². The molecule has 1 heterocycles. The molecule has 1 aromatic heterocycles. The Balaban J connectivity index is 2.22. The van der Waals surface area contributed by atoms with Crippen molar-refractivity contribution in [3.8, 4) is 0 Å². The molecule has 0 atom stereocenters. The number of carbonyl (C=O) groups is 2. The number of hydrogen-bond donors (Lipinski definition) is 2. The maximum absolute atomic E-state index is 11.8. The summed E-state index contributed by atoms with van der Waals surface area (Å²) in [6.45, 7) is 3.98. The first-order chi connectivity index (χ1) is 10.3. The van der Waals surface area contributed by atoms with Gasteiger partial charge in [0.2, 0.25) is 10.0 Å². The van der Waals surface area contributed by atoms with Crippen molar-refractivity contribution in [2.45, 2.75) is 24.5 Å². The van der Waals surface area contributed by atoms with Crippen molar-refractivity contribution in [1.29, 1.82) is 0 Å². The molecule has 0 saturated heterocycles. The SMILES string of the molecule is CC(C)CNC(=O)COC(=O)CCNS(=O)(=O)c1cccs1. The number of hydrogen-bond acceptors (Lipinski definition) is 6. The number of rotatable bonds is 9. The topological polar surface area (TPSA) is 102 Å². The standard InChI is InChI=1S/C13H20N2O5S2/c1-10(2)8-14-11(16)9-20-12(17)5-6-15-22(18,19)13-4-3-7-21-13/h3-4,7,10,15H,5-6,8-9H2,1-2H3,(H,14,16). The van der Waals surface area contributed by atoms with Gasteiger partial charge in [-0.1, -0.05) is 19.9 Å². The number of nitrogens with one attached hydrogen (secondary N) is 2. The molecule has 0 bridgehead atoms. The molecule has 9 heteroatoms. The summed E-state index contributed by atoms with van der Waals surface area (Å²) in [6.07, 6.45) is -0.137. The summed E-state index contributed by atoms with van der Waals surface area (Å²) in [6, 6.07) is 3.10. The summed E-state index contributed by atoms with van der Waals surface area (Å²) >= 11 is 1.09. The highest BCUT2D eigenvalue weighted by atomic mass is 32.2. The van der Waals surface area contributed by atoms with Gasteiger partial charge in [-0.3, -0.25) is 9.59 Å². The van der Waals surface area contributed by atoms with E-state index >= 15 is 0 Å². The van der Waals surface area contributed by atoms with Gasteiger partial charge in [0.1, 0.15) is 4.21 Å². The van der Waals surface area contributed by atoms with E-state index in [1.165, 1.54) is 6.07 Å². The molecule has 124 valence electrons. The highest BCUT2D eigenvalue weighted by molar-refractivity contribution is 7.91. The molecule has 0 spiro atoms. The lowest BCUT2D eigenvalue weighted by atomic mass is 10.2. The first-order valence-corrected chi connectivity index (χ1v) is 9.13. The normalized spacial score (nSPS) is 11.4. The Morgan fingerprint density at radius 2 is 2.09 bits per heavy atom. The maximum Gasteiger partial charge on any atom is 0.307 e. The van der Waals surface area contributed by atoms with Gasteiger partial charge < -0.3 is 10.1 Å². The Morgan fingerprint density at radius 1 is 1.36 bits per heavy atom. The highest BCUT2D eigenvalue weighted by Crippen LogP contribution is 2.14. The van der Waals surface area contributed by atoms with Crippen LogP contribution in [0, 0.1) is 5.92 Å². The van der Waals surface area contributed by atoms with Crippen molar-refractivity contribution in [2.24, 2.45) is 5.92 Å². The summed E-state index contributed by atoms with van der Waals surface area (Å²) in [4.78, 5) is 22.8. The predicted octanol–water partition coefficient (Wildman–Crippen LogP) is 0.732. The summed E-state index contributed by atoms with van der Waals surface area (Å²) in [7, 11) is -3.58. The molecule has 22 heavy (non-hydrogen) atoms. The maximum atomic E-state index is 11.8. The number of sulfonamides is 1. The Morgan fingerprint density at radius 3 is 2.68 bits per heavy atom. The summed E-state index contributed by atoms with van der Waals surface area (Å²) < 4.78 is 30.8. The molecular formula is C13H20N2O5S2. The van der Waals surface area contributed by atoms with Crippen LogP contribution in [0.25, 0.3) is 0 Å². The zero-order valence-corrected chi connectivity index (χ0v) is 14.1. The molecule has 2 N–H and O–H groups in total. The molecule has 1 amide bonds. The zero-order chi connectivity index (χ0) is 16.6. The van der Waals surface area contributed by atoms with Crippen LogP contribution in [0.3, 0.4) is 0 Å². The van der Waals surface area contributed by atoms with Gasteiger partial charge in [0.25, 0.3) is 5.91 Å². The molecular weight excluding hydrogens is 328 g/mol. The van der Waals surface area contributed by atoms with E-state index in [-0.39, 0.29) is 29.7 Å². The predicted molar refractivity (Wildman–Crippen MR) is 82.9 cm³/mol. The van der Waals surface area contributed by atoms with E-state index in [0.717, 1.165) is 11.3 Å². The van der Waals surface area contributed by atoms with E-state index in [0.29, 0.717) is 12.5 Å². The third kappa shape index (κ3) is 7.01. The van der Waals surface area contributed by atoms with Crippen LogP contribution >= 0.6 is 11.3 Å². The molecule has 0 saturated carbocycles. The molecule has 0 fully saturated rings. The number of thiophene rings is 1. The van der Waals surface area contributed by atoms with Crippen LogP contribution in [0.4, 0.5) is 0 Å². The van der Waals surface area contributed by atoms with Crippen molar-refractivity contribution >= 4 is 33.2 Å². The van der Waals surface area contributed by atoms with Gasteiger partial charge in [-0.15, -0.1) is 11.3 Å². The summed E-state index contributed by atoms with van der Waals surface area (Å²) in [5.41, 5.74) is 0. The fraction of sp³-hybridized carbons (Fsp3) is 0.538. The second kappa shape index (κ2) is 8.86. The van der Waals surface area contributed by atoms with Gasteiger partial charge in [-0.25, -0.2) is 13.1 Å². The largest absolute Gasteiger partial charge is 0.456 e. The second-order valence-corrected chi connectivity index (χ2v) is 7.88. The number of esters is 1. The average Bonchev–Trinajstić information content (AvgIpc) is 2.97. The van der Waals surface area contributed by atoms with Gasteiger partial charge in [0.15, 0.2) is 6.61 Å². The van der Waals surface area contributed by atoms with Crippen molar-refractivity contribution in [3.05, 3.63) is 17.5 Å². The molecule has 0 aliphatic heterocycles. The first kappa shape index (κ1) is 18.6. The number of carbonyl (C=O) groups excluding carboxylic acids is 2. The van der Waals surface area contributed by atoms with E-state index in [1.807, 2.05) is 13.8 Å². The van der Waals surface area contributed by atoms with Gasteiger partial charge >= 0.3 is 5.97 Å². The minimum atomic E-state index is -3.58. The van der Waals surface area contributed by atoms with Crippen LogP contribution in [-0.2, 0) is 24.3 Å². The van der Waals surface area contributed by atoms with Crippen molar-refractivity contribution in [3.63, 3.8) is 0 Å². The monoisotopic (exact) mass is 348 g/mol. The molecule has 7 nitrogen and oxygen atoms in total. The summed E-state index contributed by atoms with van der Waals surface area (Å²) in [5.74, 6) is -0.693. The van der Waals surface area contributed by atoms with Crippen LogP contribution in [-0.4, -0.2) is 40.0 Å². The highest BCUT2D eigenvalue weighted by Gasteiger charge is 2.15. The van der Waals surface area contributed by atoms with E-state index in [9.17, 15) is 18.0 Å². The lowest BCUT2D eigenvalue weighted by Crippen LogP contribution is -2.32.